The third-order valence-electron chi connectivity index (χ3n) is 2.22. The number of pyridine rings is 1. The van der Waals surface area contributed by atoms with E-state index in [1.54, 1.807) is 6.20 Å². The Morgan fingerprint density at radius 2 is 2.08 bits per heavy atom. The van der Waals surface area contributed by atoms with Gasteiger partial charge in [-0.2, -0.15) is 0 Å². The van der Waals surface area contributed by atoms with Crippen molar-refractivity contribution in [3.05, 3.63) is 18.3 Å². The lowest BCUT2D eigenvalue weighted by Crippen LogP contribution is -2.20. The van der Waals surface area contributed by atoms with Crippen LogP contribution in [0, 0.1) is 0 Å². The quantitative estimate of drug-likeness (QED) is 0.677. The Morgan fingerprint density at radius 1 is 1.33 bits per heavy atom. The van der Waals surface area contributed by atoms with Crippen molar-refractivity contribution >= 4 is 11.5 Å². The SMILES string of the molecule is Nc1cccnc1N1CCCC1. The van der Waals surface area contributed by atoms with Gasteiger partial charge in [-0.25, -0.2) is 4.98 Å². The minimum Gasteiger partial charge on any atom is -0.396 e. The molecule has 0 saturated carbocycles. The molecular formula is C9H13N3. The Balaban J connectivity index is 2.26. The average Bonchev–Trinajstić information content (AvgIpc) is 2.57. The molecule has 0 atom stereocenters. The number of hydrogen-bond acceptors (Lipinski definition) is 3. The second-order valence-electron chi connectivity index (χ2n) is 3.11. The number of nitrogens with two attached hydrogens (primary N) is 1. The molecule has 0 spiro atoms. The number of nitrogens with zero attached hydrogens (tertiary/aromatic N) is 2. The lowest BCUT2D eigenvalue weighted by molar-refractivity contribution is 0.940. The van der Waals surface area contributed by atoms with Crippen molar-refractivity contribution in [3.8, 4) is 0 Å². The van der Waals surface area contributed by atoms with Gasteiger partial charge in [0, 0.05) is 19.3 Å². The third-order valence-corrected chi connectivity index (χ3v) is 2.22. The standard InChI is InChI=1S/C9H13N3/c10-8-4-3-5-11-9(8)12-6-1-2-7-12/h3-5H,1-2,6-7,10H2. The molecule has 0 unspecified atom stereocenters. The maximum absolute atomic E-state index is 5.80. The molecule has 1 aliphatic heterocycles. The fourth-order valence-corrected chi connectivity index (χ4v) is 1.60. The fourth-order valence-electron chi connectivity index (χ4n) is 1.60. The Morgan fingerprint density at radius 3 is 2.75 bits per heavy atom. The van der Waals surface area contributed by atoms with Gasteiger partial charge < -0.3 is 10.6 Å². The molecule has 3 nitrogen and oxygen atoms in total. The smallest absolute Gasteiger partial charge is 0.151 e. The van der Waals surface area contributed by atoms with Gasteiger partial charge in [-0.05, 0) is 25.0 Å². The number of rotatable bonds is 1. The first-order valence-corrected chi connectivity index (χ1v) is 4.33. The maximum atomic E-state index is 5.80. The molecular weight excluding hydrogens is 150 g/mol. The molecule has 12 heavy (non-hydrogen) atoms. The molecule has 1 aromatic heterocycles. The van der Waals surface area contributed by atoms with Gasteiger partial charge in [-0.1, -0.05) is 0 Å². The van der Waals surface area contributed by atoms with E-state index >= 15 is 0 Å². The molecule has 2 heterocycles. The molecule has 1 aromatic rings. The molecule has 2 rings (SSSR count). The second-order valence-corrected chi connectivity index (χ2v) is 3.11. The largest absolute Gasteiger partial charge is 0.396 e. The van der Waals surface area contributed by atoms with E-state index in [1.807, 2.05) is 12.1 Å². The summed E-state index contributed by atoms with van der Waals surface area (Å²) in [7, 11) is 0. The fraction of sp³-hybridized carbons (Fsp3) is 0.444. The molecule has 3 heteroatoms. The van der Waals surface area contributed by atoms with Crippen LogP contribution < -0.4 is 10.6 Å². The summed E-state index contributed by atoms with van der Waals surface area (Å²) in [5.41, 5.74) is 6.59. The first kappa shape index (κ1) is 7.40. The molecule has 0 aromatic carbocycles. The van der Waals surface area contributed by atoms with E-state index in [0.29, 0.717) is 0 Å². The van der Waals surface area contributed by atoms with Crippen LogP contribution in [0.2, 0.25) is 0 Å². The van der Waals surface area contributed by atoms with Crippen molar-refractivity contribution in [3.63, 3.8) is 0 Å². The van der Waals surface area contributed by atoms with E-state index in [-0.39, 0.29) is 0 Å². The zero-order chi connectivity index (χ0) is 8.39. The third kappa shape index (κ3) is 1.22. The van der Waals surface area contributed by atoms with Crippen LogP contribution in [0.1, 0.15) is 12.8 Å². The van der Waals surface area contributed by atoms with Crippen molar-refractivity contribution in [2.24, 2.45) is 0 Å². The van der Waals surface area contributed by atoms with E-state index < -0.39 is 0 Å². The molecule has 0 aliphatic carbocycles. The van der Waals surface area contributed by atoms with Crippen LogP contribution in [0.15, 0.2) is 18.3 Å². The van der Waals surface area contributed by atoms with Gasteiger partial charge in [0.25, 0.3) is 0 Å². The predicted molar refractivity (Wildman–Crippen MR) is 50.1 cm³/mol. The Hall–Kier alpha value is -1.25. The monoisotopic (exact) mass is 163 g/mol. The molecule has 1 aliphatic rings. The van der Waals surface area contributed by atoms with Crippen molar-refractivity contribution in [1.82, 2.24) is 4.98 Å². The number of hydrogen-bond donors (Lipinski definition) is 1. The van der Waals surface area contributed by atoms with E-state index in [4.69, 9.17) is 5.73 Å². The minimum atomic E-state index is 0.791. The van der Waals surface area contributed by atoms with Gasteiger partial charge in [0.1, 0.15) is 0 Å². The first-order chi connectivity index (χ1) is 5.88. The molecule has 64 valence electrons. The Kier molecular flexibility index (Phi) is 1.86. The Bertz CT molecular complexity index is 266. The van der Waals surface area contributed by atoms with E-state index in [0.717, 1.165) is 24.6 Å². The van der Waals surface area contributed by atoms with Crippen LogP contribution in [-0.4, -0.2) is 18.1 Å². The normalized spacial score (nSPS) is 16.8. The van der Waals surface area contributed by atoms with Crippen molar-refractivity contribution in [2.75, 3.05) is 23.7 Å². The molecule has 2 N–H and O–H groups in total. The van der Waals surface area contributed by atoms with Crippen molar-refractivity contribution < 1.29 is 0 Å². The summed E-state index contributed by atoms with van der Waals surface area (Å²) in [6.45, 7) is 2.20. The molecule has 1 saturated heterocycles. The van der Waals surface area contributed by atoms with Crippen molar-refractivity contribution in [1.29, 1.82) is 0 Å². The van der Waals surface area contributed by atoms with Crippen LogP contribution in [0.5, 0.6) is 0 Å². The first-order valence-electron chi connectivity index (χ1n) is 4.33. The van der Waals surface area contributed by atoms with Gasteiger partial charge in [0.2, 0.25) is 0 Å². The summed E-state index contributed by atoms with van der Waals surface area (Å²) in [5, 5.41) is 0. The highest BCUT2D eigenvalue weighted by Crippen LogP contribution is 2.22. The molecule has 0 bridgehead atoms. The van der Waals surface area contributed by atoms with Gasteiger partial charge in [0.15, 0.2) is 5.82 Å². The van der Waals surface area contributed by atoms with Crippen LogP contribution in [0.3, 0.4) is 0 Å². The summed E-state index contributed by atoms with van der Waals surface area (Å²) in [4.78, 5) is 6.51. The Labute approximate surface area is 72.2 Å². The number of nitrogen functional groups attached to an aromatic ring is 1. The summed E-state index contributed by atoms with van der Waals surface area (Å²) >= 11 is 0. The predicted octanol–water partition coefficient (Wildman–Crippen LogP) is 1.26. The summed E-state index contributed by atoms with van der Waals surface area (Å²) < 4.78 is 0. The van der Waals surface area contributed by atoms with Gasteiger partial charge >= 0.3 is 0 Å². The summed E-state index contributed by atoms with van der Waals surface area (Å²) in [6, 6.07) is 3.77. The summed E-state index contributed by atoms with van der Waals surface area (Å²) in [6.07, 6.45) is 4.32. The topological polar surface area (TPSA) is 42.1 Å². The van der Waals surface area contributed by atoms with Crippen molar-refractivity contribution in [2.45, 2.75) is 12.8 Å². The zero-order valence-corrected chi connectivity index (χ0v) is 7.03. The van der Waals surface area contributed by atoms with Crippen LogP contribution in [0.4, 0.5) is 11.5 Å². The van der Waals surface area contributed by atoms with Gasteiger partial charge in [-0.15, -0.1) is 0 Å². The van der Waals surface area contributed by atoms with E-state index in [2.05, 4.69) is 9.88 Å². The van der Waals surface area contributed by atoms with Crippen LogP contribution in [0.25, 0.3) is 0 Å². The number of anilines is 2. The second kappa shape index (κ2) is 3.01. The molecule has 0 radical (unpaired) electrons. The van der Waals surface area contributed by atoms with E-state index in [1.165, 1.54) is 12.8 Å². The van der Waals surface area contributed by atoms with Gasteiger partial charge in [0.05, 0.1) is 5.69 Å². The molecule has 1 fully saturated rings. The highest BCUT2D eigenvalue weighted by Gasteiger charge is 2.14. The highest BCUT2D eigenvalue weighted by atomic mass is 15.2. The highest BCUT2D eigenvalue weighted by molar-refractivity contribution is 5.62. The van der Waals surface area contributed by atoms with Gasteiger partial charge in [-0.3, -0.25) is 0 Å². The lowest BCUT2D eigenvalue weighted by Gasteiger charge is -2.17. The number of aromatic nitrogens is 1. The van der Waals surface area contributed by atoms with Crippen LogP contribution in [-0.2, 0) is 0 Å². The maximum Gasteiger partial charge on any atom is 0.151 e. The van der Waals surface area contributed by atoms with E-state index in [9.17, 15) is 0 Å². The average molecular weight is 163 g/mol. The zero-order valence-electron chi connectivity index (χ0n) is 7.03. The molecule has 0 amide bonds. The minimum absolute atomic E-state index is 0.791. The lowest BCUT2D eigenvalue weighted by atomic mass is 10.4. The van der Waals surface area contributed by atoms with Crippen LogP contribution >= 0.6 is 0 Å². The summed E-state index contributed by atoms with van der Waals surface area (Å²) in [5.74, 6) is 0.954.